The van der Waals surface area contributed by atoms with Gasteiger partial charge in [0.05, 0.1) is 5.69 Å². The van der Waals surface area contributed by atoms with Gasteiger partial charge in [0, 0.05) is 11.6 Å². The van der Waals surface area contributed by atoms with E-state index in [0.29, 0.717) is 11.2 Å². The second-order valence-electron chi connectivity index (χ2n) is 2.51. The zero-order valence-corrected chi connectivity index (χ0v) is 7.97. The molecule has 2 N–H and O–H groups in total. The molecule has 0 fully saturated rings. The van der Waals surface area contributed by atoms with Gasteiger partial charge < -0.3 is 5.73 Å². The van der Waals surface area contributed by atoms with Crippen molar-refractivity contribution in [2.24, 2.45) is 0 Å². The Morgan fingerprint density at radius 3 is 2.77 bits per heavy atom. The molecule has 0 saturated carbocycles. The van der Waals surface area contributed by atoms with E-state index in [4.69, 9.17) is 28.9 Å². The van der Waals surface area contributed by atoms with Crippen LogP contribution in [-0.2, 0) is 0 Å². The highest BCUT2D eigenvalue weighted by atomic mass is 35.5. The number of nitrogen functional groups attached to an aromatic ring is 1. The van der Waals surface area contributed by atoms with Crippen molar-refractivity contribution in [3.63, 3.8) is 0 Å². The van der Waals surface area contributed by atoms with Crippen LogP contribution in [0.25, 0.3) is 10.9 Å². The van der Waals surface area contributed by atoms with Crippen LogP contribution in [0.5, 0.6) is 0 Å². The highest BCUT2D eigenvalue weighted by Crippen LogP contribution is 2.29. The van der Waals surface area contributed by atoms with Gasteiger partial charge in [-0.3, -0.25) is 4.98 Å². The number of rotatable bonds is 0. The molecular weight excluding hydrogens is 209 g/mol. The van der Waals surface area contributed by atoms with Crippen molar-refractivity contribution in [1.82, 2.24) is 9.97 Å². The lowest BCUT2D eigenvalue weighted by Gasteiger charge is -2.03. The Labute approximate surface area is 84.5 Å². The van der Waals surface area contributed by atoms with Crippen LogP contribution in [0.4, 0.5) is 5.69 Å². The fourth-order valence-corrected chi connectivity index (χ4v) is 1.56. The van der Waals surface area contributed by atoms with E-state index in [1.54, 1.807) is 18.3 Å². The number of hydrogen-bond acceptors (Lipinski definition) is 3. The number of nitrogens with zero attached hydrogens (tertiary/aromatic N) is 2. The highest BCUT2D eigenvalue weighted by Gasteiger charge is 2.08. The van der Waals surface area contributed by atoms with Crippen molar-refractivity contribution < 1.29 is 0 Å². The Kier molecular flexibility index (Phi) is 1.98. The second kappa shape index (κ2) is 3.01. The van der Waals surface area contributed by atoms with Crippen LogP contribution < -0.4 is 5.73 Å². The van der Waals surface area contributed by atoms with Crippen molar-refractivity contribution in [3.8, 4) is 0 Å². The average Bonchev–Trinajstić information content (AvgIpc) is 2.15. The third-order valence-corrected chi connectivity index (χ3v) is 2.26. The molecule has 0 spiro atoms. The van der Waals surface area contributed by atoms with Gasteiger partial charge in [-0.1, -0.05) is 23.2 Å². The minimum Gasteiger partial charge on any atom is -0.396 e. The summed E-state index contributed by atoms with van der Waals surface area (Å²) in [5, 5.41) is 1.22. The van der Waals surface area contributed by atoms with E-state index in [-0.39, 0.29) is 10.3 Å². The summed E-state index contributed by atoms with van der Waals surface area (Å²) in [6.45, 7) is 0. The van der Waals surface area contributed by atoms with E-state index in [1.807, 2.05) is 0 Å². The molecule has 2 heterocycles. The Bertz CT molecular complexity index is 470. The quantitative estimate of drug-likeness (QED) is 0.685. The van der Waals surface area contributed by atoms with Gasteiger partial charge in [-0.25, -0.2) is 4.98 Å². The van der Waals surface area contributed by atoms with Gasteiger partial charge in [0.1, 0.15) is 5.52 Å². The first-order valence-corrected chi connectivity index (χ1v) is 4.31. The van der Waals surface area contributed by atoms with Crippen molar-refractivity contribution in [2.75, 3.05) is 5.73 Å². The SMILES string of the molecule is Nc1c(Cl)nc(Cl)c2ncccc12. The summed E-state index contributed by atoms with van der Waals surface area (Å²) >= 11 is 11.6. The van der Waals surface area contributed by atoms with E-state index < -0.39 is 0 Å². The molecule has 0 amide bonds. The molecule has 0 bridgehead atoms. The molecule has 0 saturated heterocycles. The van der Waals surface area contributed by atoms with Crippen LogP contribution in [0, 0.1) is 0 Å². The average molecular weight is 214 g/mol. The lowest BCUT2D eigenvalue weighted by molar-refractivity contribution is 1.31. The van der Waals surface area contributed by atoms with Crippen molar-refractivity contribution in [1.29, 1.82) is 0 Å². The Morgan fingerprint density at radius 2 is 2.00 bits per heavy atom. The molecule has 2 aromatic heterocycles. The van der Waals surface area contributed by atoms with Crippen LogP contribution in [0.2, 0.25) is 10.3 Å². The number of nitrogens with two attached hydrogens (primary N) is 1. The first-order valence-electron chi connectivity index (χ1n) is 3.55. The van der Waals surface area contributed by atoms with Crippen molar-refractivity contribution in [3.05, 3.63) is 28.6 Å². The van der Waals surface area contributed by atoms with Crippen LogP contribution >= 0.6 is 23.2 Å². The van der Waals surface area contributed by atoms with Crippen molar-refractivity contribution in [2.45, 2.75) is 0 Å². The summed E-state index contributed by atoms with van der Waals surface area (Å²) in [6.07, 6.45) is 1.63. The molecule has 0 atom stereocenters. The fraction of sp³-hybridized carbons (Fsp3) is 0. The standard InChI is InChI=1S/C8H5Cl2N3/c9-7-5(11)4-2-1-3-12-6(4)8(10)13-7/h1-3H,11H2. The zero-order chi connectivity index (χ0) is 9.42. The summed E-state index contributed by atoms with van der Waals surface area (Å²) in [5.74, 6) is 0. The molecule has 66 valence electrons. The minimum absolute atomic E-state index is 0.213. The van der Waals surface area contributed by atoms with E-state index in [2.05, 4.69) is 9.97 Å². The number of fused-ring (bicyclic) bond motifs is 1. The van der Waals surface area contributed by atoms with E-state index in [1.165, 1.54) is 0 Å². The van der Waals surface area contributed by atoms with Crippen LogP contribution in [0.15, 0.2) is 18.3 Å². The summed E-state index contributed by atoms with van der Waals surface area (Å²) in [7, 11) is 0. The molecule has 0 aromatic carbocycles. The maximum atomic E-state index is 5.82. The molecular formula is C8H5Cl2N3. The third-order valence-electron chi connectivity index (χ3n) is 1.71. The molecule has 5 heteroatoms. The smallest absolute Gasteiger partial charge is 0.157 e. The fourth-order valence-electron chi connectivity index (χ4n) is 1.10. The van der Waals surface area contributed by atoms with Gasteiger partial charge in [0.25, 0.3) is 0 Å². The number of hydrogen-bond donors (Lipinski definition) is 1. The van der Waals surface area contributed by atoms with Crippen molar-refractivity contribution >= 4 is 39.8 Å². The summed E-state index contributed by atoms with van der Waals surface area (Å²) in [5.41, 5.74) is 6.68. The molecule has 3 nitrogen and oxygen atoms in total. The van der Waals surface area contributed by atoms with E-state index >= 15 is 0 Å². The predicted octanol–water partition coefficient (Wildman–Crippen LogP) is 2.52. The topological polar surface area (TPSA) is 51.8 Å². The highest BCUT2D eigenvalue weighted by molar-refractivity contribution is 6.38. The first kappa shape index (κ1) is 8.53. The number of anilines is 1. The van der Waals surface area contributed by atoms with E-state index in [0.717, 1.165) is 5.39 Å². The lowest BCUT2D eigenvalue weighted by Crippen LogP contribution is -1.93. The molecule has 0 aliphatic carbocycles. The third kappa shape index (κ3) is 1.30. The predicted molar refractivity (Wildman–Crippen MR) is 54.0 cm³/mol. The number of halogens is 2. The Hall–Kier alpha value is -1.06. The monoisotopic (exact) mass is 213 g/mol. The minimum atomic E-state index is 0.213. The Morgan fingerprint density at radius 1 is 1.23 bits per heavy atom. The maximum absolute atomic E-state index is 5.82. The molecule has 2 rings (SSSR count). The summed E-state index contributed by atoms with van der Waals surface area (Å²) in [6, 6.07) is 3.57. The van der Waals surface area contributed by atoms with Crippen LogP contribution in [0.3, 0.4) is 0 Å². The molecule has 0 radical (unpaired) electrons. The van der Waals surface area contributed by atoms with Gasteiger partial charge in [0.2, 0.25) is 0 Å². The number of pyridine rings is 2. The lowest BCUT2D eigenvalue weighted by atomic mass is 10.2. The molecule has 0 unspecified atom stereocenters. The second-order valence-corrected chi connectivity index (χ2v) is 3.22. The first-order chi connectivity index (χ1) is 6.20. The molecule has 2 aromatic rings. The normalized spacial score (nSPS) is 10.6. The van der Waals surface area contributed by atoms with Gasteiger partial charge in [-0.05, 0) is 12.1 Å². The Balaban J connectivity index is 2.97. The van der Waals surface area contributed by atoms with Gasteiger partial charge in [-0.2, -0.15) is 0 Å². The van der Waals surface area contributed by atoms with Crippen LogP contribution in [-0.4, -0.2) is 9.97 Å². The van der Waals surface area contributed by atoms with Gasteiger partial charge in [0.15, 0.2) is 10.3 Å². The van der Waals surface area contributed by atoms with E-state index in [9.17, 15) is 0 Å². The molecule has 0 aliphatic rings. The largest absolute Gasteiger partial charge is 0.396 e. The van der Waals surface area contributed by atoms with Gasteiger partial charge in [-0.15, -0.1) is 0 Å². The summed E-state index contributed by atoms with van der Waals surface area (Å²) in [4.78, 5) is 7.89. The summed E-state index contributed by atoms with van der Waals surface area (Å²) < 4.78 is 0. The van der Waals surface area contributed by atoms with Crippen LogP contribution in [0.1, 0.15) is 0 Å². The maximum Gasteiger partial charge on any atom is 0.157 e. The molecule has 13 heavy (non-hydrogen) atoms. The molecule has 0 aliphatic heterocycles. The van der Waals surface area contributed by atoms with Gasteiger partial charge >= 0.3 is 0 Å². The number of aromatic nitrogens is 2. The zero-order valence-electron chi connectivity index (χ0n) is 6.46.